The monoisotopic (exact) mass is 398 g/mol. The minimum absolute atomic E-state index is 0.472. The molecule has 1 aromatic carbocycles. The van der Waals surface area contributed by atoms with Crippen LogP contribution in [0.25, 0.3) is 11.0 Å². The molecule has 0 bridgehead atoms. The van der Waals surface area contributed by atoms with E-state index in [-0.39, 0.29) is 0 Å². The van der Waals surface area contributed by atoms with E-state index in [9.17, 15) is 0 Å². The molecule has 0 radical (unpaired) electrons. The highest BCUT2D eigenvalue weighted by Crippen LogP contribution is 2.40. The quantitative estimate of drug-likeness (QED) is 0.543. The Morgan fingerprint density at radius 1 is 1.07 bits per heavy atom. The fourth-order valence-electron chi connectivity index (χ4n) is 4.05. The summed E-state index contributed by atoms with van der Waals surface area (Å²) < 4.78 is 11.5. The van der Waals surface area contributed by atoms with Gasteiger partial charge in [0.15, 0.2) is 11.5 Å². The molecule has 1 fully saturated rings. The van der Waals surface area contributed by atoms with Crippen LogP contribution in [-0.4, -0.2) is 29.2 Å². The van der Waals surface area contributed by atoms with E-state index in [0.29, 0.717) is 24.3 Å². The predicted octanol–water partition coefficient (Wildman–Crippen LogP) is 5.48. The maximum atomic E-state index is 6.43. The number of para-hydroxylation sites is 1. The number of aromatic nitrogens is 2. The normalized spacial score (nSPS) is 16.9. The molecule has 2 aromatic heterocycles. The zero-order chi connectivity index (χ0) is 18.9. The van der Waals surface area contributed by atoms with E-state index in [1.54, 1.807) is 6.20 Å². The van der Waals surface area contributed by atoms with E-state index in [0.717, 1.165) is 39.7 Å². The molecule has 7 heteroatoms. The number of rotatable bonds is 4. The lowest BCUT2D eigenvalue weighted by Crippen LogP contribution is -2.22. The van der Waals surface area contributed by atoms with Crippen LogP contribution in [0.1, 0.15) is 32.1 Å². The summed E-state index contributed by atoms with van der Waals surface area (Å²) in [5.74, 6) is 2.20. The van der Waals surface area contributed by atoms with Gasteiger partial charge in [-0.1, -0.05) is 36.9 Å². The Kier molecular flexibility index (Phi) is 4.64. The lowest BCUT2D eigenvalue weighted by Gasteiger charge is -2.25. The second-order valence-electron chi connectivity index (χ2n) is 7.35. The SMILES string of the molecule is Clc1c[nH]c2nc(Nc3cccc4c3OCCO4)cc(NC3CCCCC3)c12. The molecule has 0 atom stereocenters. The third-order valence-corrected chi connectivity index (χ3v) is 5.69. The highest BCUT2D eigenvalue weighted by atomic mass is 35.5. The molecule has 2 aliphatic rings. The maximum Gasteiger partial charge on any atom is 0.184 e. The number of pyridine rings is 1. The molecule has 0 unspecified atom stereocenters. The number of nitrogens with one attached hydrogen (secondary N) is 3. The number of hydrogen-bond acceptors (Lipinski definition) is 5. The lowest BCUT2D eigenvalue weighted by molar-refractivity contribution is 0.172. The van der Waals surface area contributed by atoms with Gasteiger partial charge in [-0.2, -0.15) is 0 Å². The van der Waals surface area contributed by atoms with Crippen molar-refractivity contribution >= 4 is 39.8 Å². The van der Waals surface area contributed by atoms with E-state index < -0.39 is 0 Å². The van der Waals surface area contributed by atoms with Crippen LogP contribution in [0.3, 0.4) is 0 Å². The van der Waals surface area contributed by atoms with Crippen molar-refractivity contribution in [2.24, 2.45) is 0 Å². The van der Waals surface area contributed by atoms with Gasteiger partial charge < -0.3 is 25.1 Å². The predicted molar refractivity (Wildman–Crippen MR) is 112 cm³/mol. The van der Waals surface area contributed by atoms with Crippen LogP contribution in [0.2, 0.25) is 5.02 Å². The Morgan fingerprint density at radius 3 is 2.82 bits per heavy atom. The summed E-state index contributed by atoms with van der Waals surface area (Å²) in [4.78, 5) is 7.88. The number of anilines is 3. The molecule has 3 N–H and O–H groups in total. The summed E-state index contributed by atoms with van der Waals surface area (Å²) >= 11 is 6.43. The molecule has 5 rings (SSSR count). The van der Waals surface area contributed by atoms with Crippen LogP contribution in [0.5, 0.6) is 11.5 Å². The minimum Gasteiger partial charge on any atom is -0.486 e. The van der Waals surface area contributed by atoms with Gasteiger partial charge in [0.2, 0.25) is 0 Å². The van der Waals surface area contributed by atoms with Gasteiger partial charge in [-0.05, 0) is 25.0 Å². The number of H-pyrrole nitrogens is 1. The Labute approximate surface area is 168 Å². The molecule has 146 valence electrons. The number of aromatic amines is 1. The fourth-order valence-corrected chi connectivity index (χ4v) is 4.30. The standard InChI is InChI=1S/C21H23ClN4O2/c22-14-12-23-21-19(14)16(24-13-5-2-1-3-6-13)11-18(26-21)25-15-7-4-8-17-20(15)28-10-9-27-17/h4,7-8,11-13H,1-3,5-6,9-10H2,(H3,23,24,25,26). The minimum atomic E-state index is 0.472. The smallest absolute Gasteiger partial charge is 0.184 e. The zero-order valence-electron chi connectivity index (χ0n) is 15.6. The summed E-state index contributed by atoms with van der Waals surface area (Å²) in [5.41, 5.74) is 2.60. The van der Waals surface area contributed by atoms with Crippen molar-refractivity contribution in [2.45, 2.75) is 38.1 Å². The Hall–Kier alpha value is -2.60. The van der Waals surface area contributed by atoms with Gasteiger partial charge in [0.1, 0.15) is 24.7 Å². The Balaban J connectivity index is 1.50. The molecule has 1 aliphatic heterocycles. The summed E-state index contributed by atoms with van der Waals surface area (Å²) in [6.45, 7) is 1.11. The average molecular weight is 399 g/mol. The van der Waals surface area contributed by atoms with Gasteiger partial charge in [0.25, 0.3) is 0 Å². The van der Waals surface area contributed by atoms with Crippen molar-refractivity contribution in [1.29, 1.82) is 0 Å². The molecule has 3 aromatic rings. The molecule has 0 saturated heterocycles. The van der Waals surface area contributed by atoms with Gasteiger partial charge in [-0.25, -0.2) is 4.98 Å². The van der Waals surface area contributed by atoms with E-state index >= 15 is 0 Å². The summed E-state index contributed by atoms with van der Waals surface area (Å²) in [6.07, 6.45) is 8.02. The molecule has 3 heterocycles. The molecular formula is C21H23ClN4O2. The van der Waals surface area contributed by atoms with E-state index in [1.165, 1.54) is 32.1 Å². The van der Waals surface area contributed by atoms with Crippen LogP contribution in [0.4, 0.5) is 17.2 Å². The number of halogens is 1. The van der Waals surface area contributed by atoms with Crippen LogP contribution >= 0.6 is 11.6 Å². The second kappa shape index (κ2) is 7.43. The topological polar surface area (TPSA) is 71.2 Å². The molecule has 1 aliphatic carbocycles. The Bertz CT molecular complexity index is 997. The first-order valence-electron chi connectivity index (χ1n) is 9.88. The number of nitrogens with zero attached hydrogens (tertiary/aromatic N) is 1. The lowest BCUT2D eigenvalue weighted by atomic mass is 9.95. The van der Waals surface area contributed by atoms with E-state index in [2.05, 4.69) is 15.6 Å². The molecular weight excluding hydrogens is 376 g/mol. The van der Waals surface area contributed by atoms with Crippen LogP contribution in [-0.2, 0) is 0 Å². The third-order valence-electron chi connectivity index (χ3n) is 5.39. The van der Waals surface area contributed by atoms with Crippen molar-refractivity contribution in [3.8, 4) is 11.5 Å². The first-order chi connectivity index (χ1) is 13.8. The Morgan fingerprint density at radius 2 is 1.93 bits per heavy atom. The van der Waals surface area contributed by atoms with Crippen LogP contribution in [0, 0.1) is 0 Å². The van der Waals surface area contributed by atoms with Crippen molar-refractivity contribution < 1.29 is 9.47 Å². The fraction of sp³-hybridized carbons (Fsp3) is 0.381. The van der Waals surface area contributed by atoms with Crippen LogP contribution in [0.15, 0.2) is 30.5 Å². The van der Waals surface area contributed by atoms with Crippen molar-refractivity contribution in [2.75, 3.05) is 23.8 Å². The molecule has 0 amide bonds. The van der Waals surface area contributed by atoms with E-state index in [1.807, 2.05) is 24.3 Å². The summed E-state index contributed by atoms with van der Waals surface area (Å²) in [5, 5.41) is 8.71. The first kappa shape index (κ1) is 17.5. The van der Waals surface area contributed by atoms with Crippen molar-refractivity contribution in [3.05, 3.63) is 35.5 Å². The molecule has 28 heavy (non-hydrogen) atoms. The van der Waals surface area contributed by atoms with E-state index in [4.69, 9.17) is 26.1 Å². The highest BCUT2D eigenvalue weighted by molar-refractivity contribution is 6.36. The zero-order valence-corrected chi connectivity index (χ0v) is 16.3. The molecule has 0 spiro atoms. The summed E-state index contributed by atoms with van der Waals surface area (Å²) in [6, 6.07) is 8.33. The number of fused-ring (bicyclic) bond motifs is 2. The summed E-state index contributed by atoms with van der Waals surface area (Å²) in [7, 11) is 0. The molecule has 1 saturated carbocycles. The first-order valence-corrected chi connectivity index (χ1v) is 10.3. The highest BCUT2D eigenvalue weighted by Gasteiger charge is 2.19. The van der Waals surface area contributed by atoms with Gasteiger partial charge in [0.05, 0.1) is 21.8 Å². The molecule has 6 nitrogen and oxygen atoms in total. The third kappa shape index (κ3) is 3.33. The van der Waals surface area contributed by atoms with Crippen molar-refractivity contribution in [3.63, 3.8) is 0 Å². The number of ether oxygens (including phenoxy) is 2. The second-order valence-corrected chi connectivity index (χ2v) is 7.76. The van der Waals surface area contributed by atoms with Gasteiger partial charge in [0, 0.05) is 18.3 Å². The van der Waals surface area contributed by atoms with Crippen molar-refractivity contribution in [1.82, 2.24) is 9.97 Å². The van der Waals surface area contributed by atoms with Crippen LogP contribution < -0.4 is 20.1 Å². The van der Waals surface area contributed by atoms with Gasteiger partial charge >= 0.3 is 0 Å². The maximum absolute atomic E-state index is 6.43. The largest absolute Gasteiger partial charge is 0.486 e. The number of hydrogen-bond donors (Lipinski definition) is 3. The van der Waals surface area contributed by atoms with Gasteiger partial charge in [-0.3, -0.25) is 0 Å². The number of benzene rings is 1. The average Bonchev–Trinajstić information content (AvgIpc) is 3.10. The van der Waals surface area contributed by atoms with Gasteiger partial charge in [-0.15, -0.1) is 0 Å².